The molecule has 1 N–H and O–H groups in total. The summed E-state index contributed by atoms with van der Waals surface area (Å²) in [5.74, 6) is -0.532. The summed E-state index contributed by atoms with van der Waals surface area (Å²) in [6.07, 6.45) is 3.29. The number of carbonyl (C=O) groups excluding carboxylic acids is 1. The number of hydrogen-bond acceptors (Lipinski definition) is 3. The van der Waals surface area contributed by atoms with Crippen LogP contribution in [0, 0.1) is 5.82 Å². The molecule has 0 unspecified atom stereocenters. The van der Waals surface area contributed by atoms with E-state index in [4.69, 9.17) is 4.74 Å². The second-order valence-electron chi connectivity index (χ2n) is 5.50. The van der Waals surface area contributed by atoms with E-state index in [1.54, 1.807) is 6.07 Å². The molecule has 2 rings (SSSR count). The number of halogens is 1. The molecule has 1 saturated carbocycles. The van der Waals surface area contributed by atoms with Gasteiger partial charge in [-0.1, -0.05) is 0 Å². The predicted molar refractivity (Wildman–Crippen MR) is 75.6 cm³/mol. The summed E-state index contributed by atoms with van der Waals surface area (Å²) in [5.41, 5.74) is 0.0811. The zero-order valence-electron chi connectivity index (χ0n) is 12.2. The smallest absolute Gasteiger partial charge is 0.254 e. The maximum atomic E-state index is 13.8. The highest BCUT2D eigenvalue weighted by atomic mass is 19.1. The van der Waals surface area contributed by atoms with Crippen LogP contribution in [0.25, 0.3) is 0 Å². The van der Waals surface area contributed by atoms with Crippen molar-refractivity contribution in [3.05, 3.63) is 29.6 Å². The lowest BCUT2D eigenvalue weighted by Crippen LogP contribution is -2.57. The van der Waals surface area contributed by atoms with E-state index in [0.717, 1.165) is 12.8 Å². The molecule has 1 aromatic carbocycles. The number of nitrogens with one attached hydrogen (secondary N) is 1. The Balaban J connectivity index is 2.02. The molecule has 0 radical (unpaired) electrons. The zero-order chi connectivity index (χ0) is 14.8. The minimum Gasteiger partial charge on any atom is -0.497 e. The van der Waals surface area contributed by atoms with Gasteiger partial charge >= 0.3 is 0 Å². The first-order chi connectivity index (χ1) is 9.48. The lowest BCUT2D eigenvalue weighted by Gasteiger charge is -2.47. The molecule has 4 nitrogen and oxygen atoms in total. The van der Waals surface area contributed by atoms with Gasteiger partial charge in [-0.15, -0.1) is 0 Å². The van der Waals surface area contributed by atoms with Crippen molar-refractivity contribution >= 4 is 5.91 Å². The number of ether oxygens (including phenoxy) is 1. The summed E-state index contributed by atoms with van der Waals surface area (Å²) in [4.78, 5) is 14.2. The molecular formula is C15H21FN2O2. The number of hydrogen-bond donors (Lipinski definition) is 1. The van der Waals surface area contributed by atoms with Gasteiger partial charge in [-0.3, -0.25) is 4.79 Å². The molecule has 0 bridgehead atoms. The fourth-order valence-corrected chi connectivity index (χ4v) is 2.51. The van der Waals surface area contributed by atoms with Crippen LogP contribution in [0.2, 0.25) is 0 Å². The van der Waals surface area contributed by atoms with E-state index in [9.17, 15) is 9.18 Å². The highest BCUT2D eigenvalue weighted by Gasteiger charge is 2.39. The number of likely N-dealkylation sites (N-methyl/N-ethyl adjacent to an activating group) is 1. The van der Waals surface area contributed by atoms with Crippen LogP contribution >= 0.6 is 0 Å². The quantitative estimate of drug-likeness (QED) is 0.897. The van der Waals surface area contributed by atoms with E-state index < -0.39 is 5.82 Å². The van der Waals surface area contributed by atoms with Crippen molar-refractivity contribution < 1.29 is 13.9 Å². The second kappa shape index (κ2) is 5.79. The molecule has 1 aliphatic rings. The van der Waals surface area contributed by atoms with Crippen molar-refractivity contribution in [3.63, 3.8) is 0 Å². The number of amides is 1. The van der Waals surface area contributed by atoms with Crippen LogP contribution in [0.3, 0.4) is 0 Å². The third-order valence-corrected chi connectivity index (χ3v) is 4.23. The van der Waals surface area contributed by atoms with Gasteiger partial charge in [-0.05, 0) is 45.5 Å². The number of nitrogens with zero attached hydrogens (tertiary/aromatic N) is 1. The summed E-state index contributed by atoms with van der Waals surface area (Å²) in [7, 11) is 5.49. The van der Waals surface area contributed by atoms with Crippen LogP contribution in [0.15, 0.2) is 18.2 Å². The monoisotopic (exact) mass is 280 g/mol. The summed E-state index contributed by atoms with van der Waals surface area (Å²) < 4.78 is 18.7. The normalized spacial score (nSPS) is 16.6. The first kappa shape index (κ1) is 14.8. The lowest BCUT2D eigenvalue weighted by atomic mass is 9.75. The number of methoxy groups -OCH3 is 1. The van der Waals surface area contributed by atoms with Gasteiger partial charge in [-0.25, -0.2) is 4.39 Å². The van der Waals surface area contributed by atoms with Gasteiger partial charge < -0.3 is 15.0 Å². The largest absolute Gasteiger partial charge is 0.497 e. The maximum Gasteiger partial charge on any atom is 0.254 e. The van der Waals surface area contributed by atoms with Gasteiger partial charge in [-0.2, -0.15) is 0 Å². The molecule has 0 aromatic heterocycles. The minimum absolute atomic E-state index is 0.0264. The molecular weight excluding hydrogens is 259 g/mol. The third-order valence-electron chi connectivity index (χ3n) is 4.23. The molecule has 110 valence electrons. The first-order valence-electron chi connectivity index (χ1n) is 6.78. The minimum atomic E-state index is -0.561. The van der Waals surface area contributed by atoms with Gasteiger partial charge in [0, 0.05) is 18.2 Å². The Bertz CT molecular complexity index is 499. The van der Waals surface area contributed by atoms with Crippen molar-refractivity contribution in [2.45, 2.75) is 24.8 Å². The van der Waals surface area contributed by atoms with Crippen molar-refractivity contribution in [3.8, 4) is 5.75 Å². The maximum absolute atomic E-state index is 13.8. The molecule has 0 aliphatic heterocycles. The summed E-state index contributed by atoms with van der Waals surface area (Å²) in [6.45, 7) is 0.546. The molecule has 5 heteroatoms. The molecule has 0 heterocycles. The average molecular weight is 280 g/mol. The number of benzene rings is 1. The van der Waals surface area contributed by atoms with E-state index in [2.05, 4.69) is 10.2 Å². The zero-order valence-corrected chi connectivity index (χ0v) is 12.2. The topological polar surface area (TPSA) is 41.6 Å². The van der Waals surface area contributed by atoms with Crippen molar-refractivity contribution in [1.82, 2.24) is 10.2 Å². The predicted octanol–water partition coefficient (Wildman–Crippen LogP) is 2.05. The van der Waals surface area contributed by atoms with Crippen LogP contribution in [-0.4, -0.2) is 44.1 Å². The molecule has 1 aliphatic carbocycles. The van der Waals surface area contributed by atoms with Gasteiger partial charge in [0.1, 0.15) is 11.6 Å². The Kier molecular flexibility index (Phi) is 4.28. The van der Waals surface area contributed by atoms with Gasteiger partial charge in [0.05, 0.1) is 12.7 Å². The van der Waals surface area contributed by atoms with E-state index in [-0.39, 0.29) is 17.0 Å². The van der Waals surface area contributed by atoms with E-state index in [0.29, 0.717) is 12.3 Å². The molecule has 1 aromatic rings. The Labute approximate surface area is 118 Å². The molecule has 0 saturated heterocycles. The van der Waals surface area contributed by atoms with Crippen molar-refractivity contribution in [1.29, 1.82) is 0 Å². The highest BCUT2D eigenvalue weighted by Crippen LogP contribution is 2.35. The third kappa shape index (κ3) is 2.77. The second-order valence-corrected chi connectivity index (χ2v) is 5.50. The van der Waals surface area contributed by atoms with E-state index in [1.165, 1.54) is 25.7 Å². The van der Waals surface area contributed by atoms with Crippen molar-refractivity contribution in [2.24, 2.45) is 0 Å². The first-order valence-corrected chi connectivity index (χ1v) is 6.78. The molecule has 0 atom stereocenters. The summed E-state index contributed by atoms with van der Waals surface area (Å²) in [5, 5.41) is 2.84. The molecule has 0 spiro atoms. The average Bonchev–Trinajstić information content (AvgIpc) is 2.36. The molecule has 20 heavy (non-hydrogen) atoms. The highest BCUT2D eigenvalue weighted by molar-refractivity contribution is 5.94. The molecule has 1 fully saturated rings. The van der Waals surface area contributed by atoms with Gasteiger partial charge in [0.2, 0.25) is 0 Å². The Hall–Kier alpha value is -1.62. The Morgan fingerprint density at radius 1 is 1.45 bits per heavy atom. The van der Waals surface area contributed by atoms with Crippen LogP contribution in [0.1, 0.15) is 29.6 Å². The Morgan fingerprint density at radius 3 is 2.60 bits per heavy atom. The molecule has 1 amide bonds. The van der Waals surface area contributed by atoms with Crippen LogP contribution in [0.4, 0.5) is 4.39 Å². The van der Waals surface area contributed by atoms with E-state index >= 15 is 0 Å². The number of rotatable bonds is 5. The van der Waals surface area contributed by atoms with Crippen molar-refractivity contribution in [2.75, 3.05) is 27.7 Å². The van der Waals surface area contributed by atoms with E-state index in [1.807, 2.05) is 14.1 Å². The fraction of sp³-hybridized carbons (Fsp3) is 0.533. The van der Waals surface area contributed by atoms with Gasteiger partial charge in [0.15, 0.2) is 0 Å². The van der Waals surface area contributed by atoms with Crippen LogP contribution in [-0.2, 0) is 0 Å². The summed E-state index contributed by atoms with van der Waals surface area (Å²) >= 11 is 0. The number of carbonyl (C=O) groups is 1. The Morgan fingerprint density at radius 2 is 2.15 bits per heavy atom. The fourth-order valence-electron chi connectivity index (χ4n) is 2.51. The standard InChI is InChI=1S/C15H21FN2O2/c1-18(2)15(7-4-8-15)10-17-14(19)12-6-5-11(20-3)9-13(12)16/h5-6,9H,4,7-8,10H2,1-3H3,(H,17,19). The lowest BCUT2D eigenvalue weighted by molar-refractivity contribution is 0.0556. The van der Waals surface area contributed by atoms with Crippen LogP contribution in [0.5, 0.6) is 5.75 Å². The van der Waals surface area contributed by atoms with Crippen LogP contribution < -0.4 is 10.1 Å². The SMILES string of the molecule is COc1ccc(C(=O)NCC2(N(C)C)CCC2)c(F)c1. The summed E-state index contributed by atoms with van der Waals surface area (Å²) in [6, 6.07) is 4.26. The van der Waals surface area contributed by atoms with Gasteiger partial charge in [0.25, 0.3) is 5.91 Å².